The summed E-state index contributed by atoms with van der Waals surface area (Å²) in [5, 5.41) is 8.86. The van der Waals surface area contributed by atoms with Gasteiger partial charge in [-0.15, -0.1) is 0 Å². The van der Waals surface area contributed by atoms with Crippen LogP contribution in [0.1, 0.15) is 23.6 Å². The Bertz CT molecular complexity index is 798. The molecule has 0 spiro atoms. The molecule has 0 bridgehead atoms. The fourth-order valence-electron chi connectivity index (χ4n) is 2.46. The lowest BCUT2D eigenvalue weighted by Gasteiger charge is -2.30. The van der Waals surface area contributed by atoms with Crippen molar-refractivity contribution in [3.63, 3.8) is 0 Å². The molecule has 2 rings (SSSR count). The second-order valence-electron chi connectivity index (χ2n) is 5.38. The molecule has 25 heavy (non-hydrogen) atoms. The third-order valence-electron chi connectivity index (χ3n) is 3.71. The first-order valence-electron chi connectivity index (χ1n) is 7.61. The van der Waals surface area contributed by atoms with Gasteiger partial charge in [-0.25, -0.2) is 0 Å². The minimum Gasteiger partial charge on any atom is -0.333 e. The highest BCUT2D eigenvalue weighted by atomic mass is 19.4. The highest BCUT2D eigenvalue weighted by Crippen LogP contribution is 2.34. The molecule has 0 amide bonds. The van der Waals surface area contributed by atoms with Gasteiger partial charge in [0.05, 0.1) is 11.6 Å². The molecule has 0 saturated heterocycles. The minimum absolute atomic E-state index is 0.0405. The first-order valence-corrected chi connectivity index (χ1v) is 7.61. The van der Waals surface area contributed by atoms with Gasteiger partial charge < -0.3 is 4.90 Å². The zero-order valence-electron chi connectivity index (χ0n) is 13.7. The first kappa shape index (κ1) is 18.3. The van der Waals surface area contributed by atoms with Crippen LogP contribution >= 0.6 is 0 Å². The predicted octanol–water partition coefficient (Wildman–Crippen LogP) is 5.50. The van der Waals surface area contributed by atoms with Crippen LogP contribution in [0.25, 0.3) is 5.70 Å². The topological polar surface area (TPSA) is 27.0 Å². The molecule has 0 fully saturated rings. The molecule has 0 atom stereocenters. The van der Waals surface area contributed by atoms with Crippen LogP contribution in [0, 0.1) is 11.3 Å². The maximum Gasteiger partial charge on any atom is 0.431 e. The van der Waals surface area contributed by atoms with E-state index in [2.05, 4.69) is 6.58 Å². The fourth-order valence-corrected chi connectivity index (χ4v) is 2.46. The highest BCUT2D eigenvalue weighted by molar-refractivity contribution is 5.64. The second kappa shape index (κ2) is 7.71. The molecule has 2 nitrogen and oxygen atoms in total. The van der Waals surface area contributed by atoms with Crippen LogP contribution in [-0.4, -0.2) is 11.1 Å². The summed E-state index contributed by atoms with van der Waals surface area (Å²) in [6.07, 6.45) is -3.46. The van der Waals surface area contributed by atoms with Gasteiger partial charge >= 0.3 is 6.18 Å². The molecule has 128 valence electrons. The Balaban J connectivity index is 2.42. The van der Waals surface area contributed by atoms with E-state index in [1.54, 1.807) is 48.5 Å². The first-order chi connectivity index (χ1) is 11.9. The Morgan fingerprint density at radius 2 is 1.72 bits per heavy atom. The Labute approximate surface area is 145 Å². The van der Waals surface area contributed by atoms with Gasteiger partial charge in [-0.1, -0.05) is 55.1 Å². The quantitative estimate of drug-likeness (QED) is 0.718. The molecule has 0 heterocycles. The van der Waals surface area contributed by atoms with Crippen molar-refractivity contribution in [1.82, 2.24) is 4.90 Å². The van der Waals surface area contributed by atoms with E-state index in [0.717, 1.165) is 16.5 Å². The number of nitrogens with zero attached hydrogens (tertiary/aromatic N) is 2. The van der Waals surface area contributed by atoms with Gasteiger partial charge in [0, 0.05) is 12.2 Å². The van der Waals surface area contributed by atoms with E-state index in [1.807, 2.05) is 12.1 Å². The van der Waals surface area contributed by atoms with E-state index >= 15 is 0 Å². The van der Waals surface area contributed by atoms with E-state index < -0.39 is 11.9 Å². The van der Waals surface area contributed by atoms with Crippen LogP contribution in [-0.2, 0) is 6.54 Å². The summed E-state index contributed by atoms with van der Waals surface area (Å²) in [6.45, 7) is 5.26. The lowest BCUT2D eigenvalue weighted by molar-refractivity contribution is -0.107. The summed E-state index contributed by atoms with van der Waals surface area (Å²) in [4.78, 5) is 1.15. The summed E-state index contributed by atoms with van der Waals surface area (Å²) in [5.41, 5.74) is 1.15. The molecular weight excluding hydrogens is 325 g/mol. The molecule has 2 aromatic rings. The van der Waals surface area contributed by atoms with Crippen molar-refractivity contribution in [2.45, 2.75) is 19.6 Å². The summed E-state index contributed by atoms with van der Waals surface area (Å²) < 4.78 is 40.4. The number of nitriles is 1. The van der Waals surface area contributed by atoms with Crippen LogP contribution in [0.4, 0.5) is 13.2 Å². The Morgan fingerprint density at radius 1 is 1.12 bits per heavy atom. The van der Waals surface area contributed by atoms with Crippen LogP contribution in [0.3, 0.4) is 0 Å². The van der Waals surface area contributed by atoms with Gasteiger partial charge in [0.1, 0.15) is 5.70 Å². The molecule has 0 aliphatic heterocycles. The summed E-state index contributed by atoms with van der Waals surface area (Å²) in [7, 11) is 0. The number of benzene rings is 2. The van der Waals surface area contributed by atoms with Crippen molar-refractivity contribution < 1.29 is 13.2 Å². The number of halogens is 3. The van der Waals surface area contributed by atoms with Crippen molar-refractivity contribution in [1.29, 1.82) is 5.26 Å². The van der Waals surface area contributed by atoms with Gasteiger partial charge in [-0.2, -0.15) is 18.4 Å². The number of alkyl halides is 3. The van der Waals surface area contributed by atoms with Crippen LogP contribution in [0.2, 0.25) is 0 Å². The number of hydrogen-bond donors (Lipinski definition) is 0. The molecule has 0 aliphatic rings. The lowest BCUT2D eigenvalue weighted by atomic mass is 10.1. The molecule has 0 radical (unpaired) electrons. The molecule has 2 aromatic carbocycles. The lowest BCUT2D eigenvalue weighted by Crippen LogP contribution is -2.30. The molecule has 0 N–H and O–H groups in total. The van der Waals surface area contributed by atoms with E-state index in [0.29, 0.717) is 11.1 Å². The average molecular weight is 342 g/mol. The molecule has 0 unspecified atom stereocenters. The Kier molecular flexibility index (Phi) is 5.66. The van der Waals surface area contributed by atoms with Gasteiger partial charge in [-0.3, -0.25) is 0 Å². The molecule has 0 aromatic heterocycles. The van der Waals surface area contributed by atoms with Crippen molar-refractivity contribution >= 4 is 5.70 Å². The van der Waals surface area contributed by atoms with Gasteiger partial charge in [0.15, 0.2) is 0 Å². The minimum atomic E-state index is -4.50. The van der Waals surface area contributed by atoms with Gasteiger partial charge in [-0.05, 0) is 30.2 Å². The van der Waals surface area contributed by atoms with Crippen LogP contribution < -0.4 is 0 Å². The van der Waals surface area contributed by atoms with Crippen LogP contribution in [0.5, 0.6) is 0 Å². The largest absolute Gasteiger partial charge is 0.431 e. The molecular formula is C20H17F3N2. The number of rotatable bonds is 5. The number of allylic oxidation sites excluding steroid dienone is 2. The van der Waals surface area contributed by atoms with E-state index in [4.69, 9.17) is 5.26 Å². The van der Waals surface area contributed by atoms with Gasteiger partial charge in [0.2, 0.25) is 0 Å². The van der Waals surface area contributed by atoms with Crippen molar-refractivity contribution in [3.8, 4) is 6.07 Å². The maximum atomic E-state index is 13.5. The standard InChI is InChI=1S/C20H17F3N2/c1-3-19(20(21,22)23)25(14-17-7-5-4-6-8-17)15(2)18-11-9-16(13-24)10-12-18/h3-12H,2,14H2,1H3/b19-3-. The molecule has 0 saturated carbocycles. The fraction of sp³-hybridized carbons (Fsp3) is 0.150. The van der Waals surface area contributed by atoms with E-state index in [1.165, 1.54) is 6.92 Å². The summed E-state index contributed by atoms with van der Waals surface area (Å²) in [5.74, 6) is 0. The molecule has 5 heteroatoms. The maximum absolute atomic E-state index is 13.5. The zero-order valence-corrected chi connectivity index (χ0v) is 13.7. The smallest absolute Gasteiger partial charge is 0.333 e. The Hall–Kier alpha value is -3.00. The molecule has 0 aliphatic carbocycles. The van der Waals surface area contributed by atoms with Crippen molar-refractivity contribution in [2.24, 2.45) is 0 Å². The zero-order chi connectivity index (χ0) is 18.4. The number of hydrogen-bond acceptors (Lipinski definition) is 2. The third kappa shape index (κ3) is 4.51. The van der Waals surface area contributed by atoms with Crippen molar-refractivity contribution in [2.75, 3.05) is 0 Å². The SMILES string of the molecule is C=C(c1ccc(C#N)cc1)N(Cc1ccccc1)/C(=C\C)C(F)(F)F. The highest BCUT2D eigenvalue weighted by Gasteiger charge is 2.38. The predicted molar refractivity (Wildman–Crippen MR) is 92.0 cm³/mol. The van der Waals surface area contributed by atoms with E-state index in [9.17, 15) is 13.2 Å². The average Bonchev–Trinajstić information content (AvgIpc) is 2.60. The van der Waals surface area contributed by atoms with Gasteiger partial charge in [0.25, 0.3) is 0 Å². The van der Waals surface area contributed by atoms with Crippen molar-refractivity contribution in [3.05, 3.63) is 89.6 Å². The van der Waals surface area contributed by atoms with Crippen LogP contribution in [0.15, 0.2) is 72.9 Å². The monoisotopic (exact) mass is 342 g/mol. The third-order valence-corrected chi connectivity index (χ3v) is 3.71. The summed E-state index contributed by atoms with van der Waals surface area (Å²) in [6, 6.07) is 17.2. The second-order valence-corrected chi connectivity index (χ2v) is 5.38. The Morgan fingerprint density at radius 3 is 2.20 bits per heavy atom. The normalized spacial score (nSPS) is 11.7. The summed E-state index contributed by atoms with van der Waals surface area (Å²) >= 11 is 0. The van der Waals surface area contributed by atoms with E-state index in [-0.39, 0.29) is 12.2 Å².